The maximum atomic E-state index is 6.12. The summed E-state index contributed by atoms with van der Waals surface area (Å²) in [6.07, 6.45) is 4.65. The lowest BCUT2D eigenvalue weighted by atomic mass is 9.79. The maximum absolute atomic E-state index is 6.12. The summed E-state index contributed by atoms with van der Waals surface area (Å²) in [5, 5.41) is 1.53. The van der Waals surface area contributed by atoms with E-state index in [1.807, 2.05) is 30.3 Å². The van der Waals surface area contributed by atoms with E-state index in [9.17, 15) is 0 Å². The third-order valence-electron chi connectivity index (χ3n) is 5.39. The molecular formula is C21H23ClN4O. The number of benzene rings is 2. The average Bonchev–Trinajstić information content (AvgIpc) is 2.67. The Morgan fingerprint density at radius 2 is 1.70 bits per heavy atom. The van der Waals surface area contributed by atoms with Crippen molar-refractivity contribution in [3.05, 3.63) is 53.1 Å². The van der Waals surface area contributed by atoms with Crippen molar-refractivity contribution in [1.29, 1.82) is 0 Å². The van der Waals surface area contributed by atoms with Gasteiger partial charge >= 0.3 is 0 Å². The van der Waals surface area contributed by atoms with Crippen molar-refractivity contribution in [2.75, 3.05) is 18.1 Å². The van der Waals surface area contributed by atoms with E-state index < -0.39 is 0 Å². The summed E-state index contributed by atoms with van der Waals surface area (Å²) < 4.78 is 6.12. The van der Waals surface area contributed by atoms with Crippen LogP contribution in [0.2, 0.25) is 5.02 Å². The van der Waals surface area contributed by atoms with Crippen LogP contribution < -0.4 is 16.2 Å². The Balaban J connectivity index is 1.39. The van der Waals surface area contributed by atoms with Gasteiger partial charge in [-0.2, -0.15) is 4.98 Å². The monoisotopic (exact) mass is 382 g/mol. The Morgan fingerprint density at radius 3 is 2.44 bits per heavy atom. The normalized spacial score (nSPS) is 19.9. The number of rotatable bonds is 4. The zero-order valence-corrected chi connectivity index (χ0v) is 15.8. The van der Waals surface area contributed by atoms with Gasteiger partial charge in [-0.3, -0.25) is 0 Å². The first-order valence-electron chi connectivity index (χ1n) is 9.30. The second-order valence-electron chi connectivity index (χ2n) is 7.20. The van der Waals surface area contributed by atoms with Gasteiger partial charge in [-0.25, -0.2) is 4.98 Å². The van der Waals surface area contributed by atoms with Crippen LogP contribution in [-0.2, 0) is 0 Å². The highest BCUT2D eigenvalue weighted by molar-refractivity contribution is 6.30. The van der Waals surface area contributed by atoms with Crippen LogP contribution >= 0.6 is 11.6 Å². The van der Waals surface area contributed by atoms with Crippen LogP contribution in [0.5, 0.6) is 5.75 Å². The van der Waals surface area contributed by atoms with E-state index in [-0.39, 0.29) is 5.95 Å². The molecule has 0 unspecified atom stereocenters. The standard InChI is InChI=1S/C21H23ClN4O/c22-16-10-8-15(9-11-16)14-6-4-13(5-7-14)12-27-18-3-1-2-17-19(18)20(23)26-21(24)25-17/h1-3,8-11,13-14H,4-7,12H2,(H4,23,24,25,26). The van der Waals surface area contributed by atoms with Crippen molar-refractivity contribution in [3.8, 4) is 5.75 Å². The molecule has 4 N–H and O–H groups in total. The summed E-state index contributed by atoms with van der Waals surface area (Å²) in [6.45, 7) is 0.677. The van der Waals surface area contributed by atoms with Crippen molar-refractivity contribution in [3.63, 3.8) is 0 Å². The van der Waals surface area contributed by atoms with Crippen molar-refractivity contribution in [2.45, 2.75) is 31.6 Å². The second-order valence-corrected chi connectivity index (χ2v) is 7.63. The van der Waals surface area contributed by atoms with E-state index in [1.165, 1.54) is 18.4 Å². The van der Waals surface area contributed by atoms with Gasteiger partial charge in [-0.05, 0) is 67.3 Å². The number of fused-ring (bicyclic) bond motifs is 1. The Bertz CT molecular complexity index is 937. The van der Waals surface area contributed by atoms with Crippen LogP contribution in [0.15, 0.2) is 42.5 Å². The van der Waals surface area contributed by atoms with E-state index in [1.54, 1.807) is 0 Å². The van der Waals surface area contributed by atoms with Gasteiger partial charge in [0.25, 0.3) is 0 Å². The lowest BCUT2D eigenvalue weighted by Gasteiger charge is -2.29. The van der Waals surface area contributed by atoms with Gasteiger partial charge < -0.3 is 16.2 Å². The molecule has 5 nitrogen and oxygen atoms in total. The summed E-state index contributed by atoms with van der Waals surface area (Å²) >= 11 is 5.99. The van der Waals surface area contributed by atoms with Crippen molar-refractivity contribution in [2.24, 2.45) is 5.92 Å². The number of halogens is 1. The van der Waals surface area contributed by atoms with Gasteiger partial charge in [0, 0.05) is 5.02 Å². The maximum Gasteiger partial charge on any atom is 0.222 e. The number of nitrogens with two attached hydrogens (primary N) is 2. The van der Waals surface area contributed by atoms with Crippen LogP contribution in [0, 0.1) is 5.92 Å². The number of nitrogens with zero attached hydrogens (tertiary/aromatic N) is 2. The third kappa shape index (κ3) is 3.93. The zero-order valence-electron chi connectivity index (χ0n) is 15.1. The molecule has 1 heterocycles. The molecular weight excluding hydrogens is 360 g/mol. The number of hydrogen-bond donors (Lipinski definition) is 2. The Kier molecular flexibility index (Phi) is 5.03. The minimum atomic E-state index is 0.178. The van der Waals surface area contributed by atoms with Crippen LogP contribution in [0.1, 0.15) is 37.2 Å². The van der Waals surface area contributed by atoms with Crippen molar-refractivity contribution >= 4 is 34.3 Å². The molecule has 0 spiro atoms. The van der Waals surface area contributed by atoms with E-state index in [0.717, 1.165) is 29.0 Å². The van der Waals surface area contributed by atoms with Gasteiger partial charge in [-0.1, -0.05) is 29.8 Å². The summed E-state index contributed by atoms with van der Waals surface area (Å²) in [5.41, 5.74) is 13.8. The second kappa shape index (κ2) is 7.61. The Morgan fingerprint density at radius 1 is 0.963 bits per heavy atom. The molecule has 0 aliphatic heterocycles. The first-order valence-corrected chi connectivity index (χ1v) is 9.68. The molecule has 0 bridgehead atoms. The van der Waals surface area contributed by atoms with E-state index in [2.05, 4.69) is 22.1 Å². The number of aromatic nitrogens is 2. The van der Waals surface area contributed by atoms with Crippen LogP contribution in [0.3, 0.4) is 0 Å². The fourth-order valence-electron chi connectivity index (χ4n) is 3.92. The lowest BCUT2D eigenvalue weighted by molar-refractivity contribution is 0.201. The molecule has 2 aromatic carbocycles. The largest absolute Gasteiger partial charge is 0.492 e. The number of anilines is 2. The number of ether oxygens (including phenoxy) is 1. The number of hydrogen-bond acceptors (Lipinski definition) is 5. The first kappa shape index (κ1) is 17.9. The summed E-state index contributed by atoms with van der Waals surface area (Å²) in [5.74, 6) is 2.42. The molecule has 0 atom stereocenters. The van der Waals surface area contributed by atoms with Crippen molar-refractivity contribution < 1.29 is 4.74 Å². The molecule has 0 radical (unpaired) electrons. The fourth-order valence-corrected chi connectivity index (χ4v) is 4.05. The molecule has 1 fully saturated rings. The molecule has 6 heteroatoms. The zero-order chi connectivity index (χ0) is 18.8. The highest BCUT2D eigenvalue weighted by Crippen LogP contribution is 2.37. The summed E-state index contributed by atoms with van der Waals surface area (Å²) in [6, 6.07) is 13.9. The summed E-state index contributed by atoms with van der Waals surface area (Å²) in [4.78, 5) is 8.30. The van der Waals surface area contributed by atoms with Gasteiger partial charge in [0.15, 0.2) is 0 Å². The molecule has 1 saturated carbocycles. The van der Waals surface area contributed by atoms with Gasteiger partial charge in [0.05, 0.1) is 17.5 Å². The Hall–Kier alpha value is -2.53. The van der Waals surface area contributed by atoms with Gasteiger partial charge in [0.1, 0.15) is 11.6 Å². The minimum absolute atomic E-state index is 0.178. The number of nitrogen functional groups attached to an aromatic ring is 2. The minimum Gasteiger partial charge on any atom is -0.492 e. The molecule has 1 aliphatic carbocycles. The van der Waals surface area contributed by atoms with Crippen LogP contribution in [0.25, 0.3) is 10.9 Å². The lowest BCUT2D eigenvalue weighted by Crippen LogP contribution is -2.19. The van der Waals surface area contributed by atoms with Crippen LogP contribution in [-0.4, -0.2) is 16.6 Å². The average molecular weight is 383 g/mol. The van der Waals surface area contributed by atoms with Crippen LogP contribution in [0.4, 0.5) is 11.8 Å². The predicted molar refractivity (Wildman–Crippen MR) is 110 cm³/mol. The molecule has 1 aliphatic rings. The molecule has 0 saturated heterocycles. The topological polar surface area (TPSA) is 87.0 Å². The molecule has 1 aromatic heterocycles. The molecule has 4 rings (SSSR count). The first-order chi connectivity index (χ1) is 13.1. The fraction of sp³-hybridized carbons (Fsp3) is 0.333. The van der Waals surface area contributed by atoms with E-state index in [4.69, 9.17) is 27.8 Å². The smallest absolute Gasteiger partial charge is 0.222 e. The highest BCUT2D eigenvalue weighted by Gasteiger charge is 2.23. The molecule has 3 aromatic rings. The van der Waals surface area contributed by atoms with Gasteiger partial charge in [-0.15, -0.1) is 0 Å². The molecule has 27 heavy (non-hydrogen) atoms. The Labute approximate surface area is 163 Å². The van der Waals surface area contributed by atoms with Crippen molar-refractivity contribution in [1.82, 2.24) is 9.97 Å². The van der Waals surface area contributed by atoms with Gasteiger partial charge in [0.2, 0.25) is 5.95 Å². The summed E-state index contributed by atoms with van der Waals surface area (Å²) in [7, 11) is 0. The SMILES string of the molecule is Nc1nc(N)c2c(OCC3CCC(c4ccc(Cl)cc4)CC3)cccc2n1. The predicted octanol–water partition coefficient (Wildman–Crippen LogP) is 4.80. The molecule has 0 amide bonds. The van der Waals surface area contributed by atoms with E-state index >= 15 is 0 Å². The highest BCUT2D eigenvalue weighted by atomic mass is 35.5. The molecule has 140 valence electrons. The van der Waals surface area contributed by atoms with E-state index in [0.29, 0.717) is 29.8 Å². The quantitative estimate of drug-likeness (QED) is 0.676. The third-order valence-corrected chi connectivity index (χ3v) is 5.65.